The zero-order valence-electron chi connectivity index (χ0n) is 13.6. The molecule has 0 atom stereocenters. The van der Waals surface area contributed by atoms with Gasteiger partial charge in [-0.2, -0.15) is 0 Å². The molecule has 0 saturated carbocycles. The van der Waals surface area contributed by atoms with Gasteiger partial charge in [0.2, 0.25) is 0 Å². The van der Waals surface area contributed by atoms with E-state index in [1.54, 1.807) is 19.1 Å². The van der Waals surface area contributed by atoms with Crippen LogP contribution in [-0.4, -0.2) is 34.3 Å². The van der Waals surface area contributed by atoms with Crippen molar-refractivity contribution < 1.29 is 14.2 Å². The van der Waals surface area contributed by atoms with Gasteiger partial charge in [-0.1, -0.05) is 22.4 Å². The van der Waals surface area contributed by atoms with Crippen LogP contribution < -0.4 is 5.32 Å². The molecule has 24 heavy (non-hydrogen) atoms. The molecule has 0 unspecified atom stereocenters. The first-order chi connectivity index (χ1) is 11.7. The fourth-order valence-corrected chi connectivity index (χ4v) is 3.10. The van der Waals surface area contributed by atoms with Crippen molar-refractivity contribution in [3.05, 3.63) is 46.5 Å². The van der Waals surface area contributed by atoms with E-state index in [4.69, 9.17) is 4.63 Å². The fourth-order valence-electron chi connectivity index (χ4n) is 3.10. The lowest BCUT2D eigenvalue weighted by molar-refractivity contribution is 0.295. The number of aryl methyl sites for hydroxylation is 1. The van der Waals surface area contributed by atoms with E-state index in [1.165, 1.54) is 6.07 Å². The molecule has 1 aliphatic heterocycles. The van der Waals surface area contributed by atoms with Crippen LogP contribution in [0.2, 0.25) is 0 Å². The smallest absolute Gasteiger partial charge is 0.156 e. The molecular weight excluding hydrogens is 311 g/mol. The maximum Gasteiger partial charge on any atom is 0.156 e. The molecule has 1 fully saturated rings. The van der Waals surface area contributed by atoms with E-state index in [0.717, 1.165) is 37.9 Å². The van der Waals surface area contributed by atoms with Crippen molar-refractivity contribution in [2.75, 3.05) is 13.1 Å². The SMILES string of the molecule is Cc1cc(CC(=NO)c2nonc2CC2CCNCC2)ccc1F. The number of nitrogens with one attached hydrogen (secondary N) is 1. The topological polar surface area (TPSA) is 83.5 Å². The fraction of sp³-hybridized carbons (Fsp3) is 0.471. The van der Waals surface area contributed by atoms with Gasteiger partial charge in [0.25, 0.3) is 0 Å². The quantitative estimate of drug-likeness (QED) is 0.499. The maximum atomic E-state index is 13.4. The molecule has 1 aromatic heterocycles. The Hall–Kier alpha value is -2.28. The van der Waals surface area contributed by atoms with Gasteiger partial charge in [-0.3, -0.25) is 0 Å². The van der Waals surface area contributed by atoms with E-state index < -0.39 is 0 Å². The third-order valence-corrected chi connectivity index (χ3v) is 4.49. The summed E-state index contributed by atoms with van der Waals surface area (Å²) in [7, 11) is 0. The molecule has 0 amide bonds. The molecule has 0 spiro atoms. The standard InChI is InChI=1S/C17H21FN4O2/c1-11-8-13(2-3-14(11)18)10-15(20-23)17-16(21-24-22-17)9-12-4-6-19-7-5-12/h2-3,8,12,19,23H,4-7,9-10H2,1H3. The second-order valence-corrected chi connectivity index (χ2v) is 6.26. The molecule has 2 aromatic rings. The van der Waals surface area contributed by atoms with Gasteiger partial charge < -0.3 is 10.5 Å². The number of hydrogen-bond acceptors (Lipinski definition) is 6. The Bertz CT molecular complexity index is 723. The van der Waals surface area contributed by atoms with Gasteiger partial charge in [0.05, 0.1) is 0 Å². The molecule has 2 heterocycles. The van der Waals surface area contributed by atoms with Crippen LogP contribution in [0.3, 0.4) is 0 Å². The first-order valence-corrected chi connectivity index (χ1v) is 8.16. The monoisotopic (exact) mass is 332 g/mol. The van der Waals surface area contributed by atoms with Crippen molar-refractivity contribution in [1.82, 2.24) is 15.6 Å². The Balaban J connectivity index is 1.76. The van der Waals surface area contributed by atoms with Crippen LogP contribution in [0, 0.1) is 18.7 Å². The van der Waals surface area contributed by atoms with Gasteiger partial charge in [-0.15, -0.1) is 0 Å². The second kappa shape index (κ2) is 7.53. The van der Waals surface area contributed by atoms with Crippen LogP contribution in [0.5, 0.6) is 0 Å². The normalized spacial score (nSPS) is 16.5. The third-order valence-electron chi connectivity index (χ3n) is 4.49. The molecule has 1 aliphatic rings. The van der Waals surface area contributed by atoms with Crippen molar-refractivity contribution in [2.24, 2.45) is 11.1 Å². The zero-order valence-corrected chi connectivity index (χ0v) is 13.6. The Labute approximate surface area is 139 Å². The molecule has 0 aliphatic carbocycles. The van der Waals surface area contributed by atoms with E-state index >= 15 is 0 Å². The van der Waals surface area contributed by atoms with E-state index in [2.05, 4.69) is 20.8 Å². The van der Waals surface area contributed by atoms with Gasteiger partial charge >= 0.3 is 0 Å². The Morgan fingerprint density at radius 1 is 1.38 bits per heavy atom. The highest BCUT2D eigenvalue weighted by atomic mass is 19.1. The number of oxime groups is 1. The summed E-state index contributed by atoms with van der Waals surface area (Å²) in [4.78, 5) is 0. The van der Waals surface area contributed by atoms with Gasteiger partial charge in [0.15, 0.2) is 5.69 Å². The predicted octanol–water partition coefficient (Wildman–Crippen LogP) is 2.48. The Kier molecular flexibility index (Phi) is 5.20. The molecule has 3 rings (SSSR count). The van der Waals surface area contributed by atoms with Crippen LogP contribution in [0.1, 0.15) is 35.4 Å². The summed E-state index contributed by atoms with van der Waals surface area (Å²) in [6.45, 7) is 3.71. The van der Waals surface area contributed by atoms with Crippen LogP contribution in [-0.2, 0) is 12.8 Å². The average Bonchev–Trinajstić information content (AvgIpc) is 3.05. The summed E-state index contributed by atoms with van der Waals surface area (Å²) in [6.07, 6.45) is 3.25. The summed E-state index contributed by atoms with van der Waals surface area (Å²) in [5.74, 6) is 0.265. The first kappa shape index (κ1) is 16.6. The lowest BCUT2D eigenvalue weighted by Crippen LogP contribution is -2.29. The maximum absolute atomic E-state index is 13.4. The summed E-state index contributed by atoms with van der Waals surface area (Å²) in [5.41, 5.74) is 2.98. The number of hydrogen-bond donors (Lipinski definition) is 2. The van der Waals surface area contributed by atoms with E-state index in [9.17, 15) is 9.60 Å². The average molecular weight is 332 g/mol. The van der Waals surface area contributed by atoms with Gasteiger partial charge in [0.1, 0.15) is 17.2 Å². The van der Waals surface area contributed by atoms with Gasteiger partial charge in [-0.25, -0.2) is 9.02 Å². The van der Waals surface area contributed by atoms with Crippen molar-refractivity contribution in [1.29, 1.82) is 0 Å². The van der Waals surface area contributed by atoms with Crippen LogP contribution >= 0.6 is 0 Å². The Morgan fingerprint density at radius 3 is 2.88 bits per heavy atom. The number of nitrogens with zero attached hydrogens (tertiary/aromatic N) is 3. The Morgan fingerprint density at radius 2 is 2.17 bits per heavy atom. The largest absolute Gasteiger partial charge is 0.411 e. The highest BCUT2D eigenvalue weighted by molar-refractivity contribution is 6.00. The second-order valence-electron chi connectivity index (χ2n) is 6.26. The van der Waals surface area contributed by atoms with E-state index in [1.807, 2.05) is 0 Å². The third kappa shape index (κ3) is 3.79. The molecule has 1 saturated heterocycles. The first-order valence-electron chi connectivity index (χ1n) is 8.16. The van der Waals surface area contributed by atoms with Crippen LogP contribution in [0.4, 0.5) is 4.39 Å². The highest BCUT2D eigenvalue weighted by Crippen LogP contribution is 2.20. The minimum atomic E-state index is -0.254. The summed E-state index contributed by atoms with van der Waals surface area (Å²) >= 11 is 0. The van der Waals surface area contributed by atoms with Crippen molar-refractivity contribution in [3.8, 4) is 0 Å². The van der Waals surface area contributed by atoms with Crippen molar-refractivity contribution in [3.63, 3.8) is 0 Å². The van der Waals surface area contributed by atoms with Crippen LogP contribution in [0.25, 0.3) is 0 Å². The summed E-state index contributed by atoms with van der Waals surface area (Å²) in [6, 6.07) is 4.82. The molecule has 2 N–H and O–H groups in total. The summed E-state index contributed by atoms with van der Waals surface area (Å²) in [5, 5.41) is 24.0. The van der Waals surface area contributed by atoms with E-state index in [-0.39, 0.29) is 5.82 Å². The predicted molar refractivity (Wildman–Crippen MR) is 86.8 cm³/mol. The van der Waals surface area contributed by atoms with Gasteiger partial charge in [-0.05, 0) is 67.5 Å². The number of aromatic nitrogens is 2. The molecule has 128 valence electrons. The lowest BCUT2D eigenvalue weighted by atomic mass is 9.91. The molecule has 6 nitrogen and oxygen atoms in total. The van der Waals surface area contributed by atoms with Crippen molar-refractivity contribution >= 4 is 5.71 Å². The van der Waals surface area contributed by atoms with Gasteiger partial charge in [0, 0.05) is 6.42 Å². The molecule has 7 heteroatoms. The molecule has 1 aromatic carbocycles. The number of benzene rings is 1. The number of halogens is 1. The molecule has 0 bridgehead atoms. The van der Waals surface area contributed by atoms with Crippen molar-refractivity contribution in [2.45, 2.75) is 32.6 Å². The molecular formula is C17H21FN4O2. The molecule has 0 radical (unpaired) electrons. The minimum absolute atomic E-state index is 0.254. The number of piperidine rings is 1. The zero-order chi connectivity index (χ0) is 16.9. The minimum Gasteiger partial charge on any atom is -0.411 e. The number of rotatable bonds is 5. The lowest BCUT2D eigenvalue weighted by Gasteiger charge is -2.21. The highest BCUT2D eigenvalue weighted by Gasteiger charge is 2.22. The summed E-state index contributed by atoms with van der Waals surface area (Å²) < 4.78 is 18.3. The van der Waals surface area contributed by atoms with Crippen LogP contribution in [0.15, 0.2) is 28.0 Å². The van der Waals surface area contributed by atoms with E-state index in [0.29, 0.717) is 35.0 Å².